The first-order valence-corrected chi connectivity index (χ1v) is 10.8. The molecule has 0 unspecified atom stereocenters. The van der Waals surface area contributed by atoms with E-state index in [2.05, 4.69) is 15.0 Å². The molecule has 2 N–H and O–H groups in total. The molecule has 0 radical (unpaired) electrons. The second-order valence-corrected chi connectivity index (χ2v) is 8.00. The number of halogens is 2. The minimum atomic E-state index is -0.611. The average Bonchev–Trinajstić information content (AvgIpc) is 3.33. The molecular weight excluding hydrogens is 446 g/mol. The van der Waals surface area contributed by atoms with Crippen LogP contribution >= 0.6 is 0 Å². The second-order valence-electron chi connectivity index (χ2n) is 8.00. The topological polar surface area (TPSA) is 101 Å². The summed E-state index contributed by atoms with van der Waals surface area (Å²) in [4.78, 5) is 17.6. The highest BCUT2D eigenvalue weighted by atomic mass is 19.1. The van der Waals surface area contributed by atoms with Gasteiger partial charge in [0.05, 0.1) is 0 Å². The van der Waals surface area contributed by atoms with Crippen molar-refractivity contribution in [3.05, 3.63) is 83.0 Å². The number of benzene rings is 2. The molecule has 2 aromatic carbocycles. The Morgan fingerprint density at radius 1 is 1.21 bits per heavy atom. The van der Waals surface area contributed by atoms with Crippen molar-refractivity contribution in [2.75, 3.05) is 13.1 Å². The summed E-state index contributed by atoms with van der Waals surface area (Å²) in [6.07, 6.45) is 4.39. The number of carbonyl (C=O) groups is 1. The van der Waals surface area contributed by atoms with Crippen molar-refractivity contribution in [1.29, 1.82) is 0 Å². The highest BCUT2D eigenvalue weighted by Gasteiger charge is 2.25. The molecule has 3 aromatic rings. The fraction of sp³-hybridized carbons (Fsp3) is 0.292. The predicted molar refractivity (Wildman–Crippen MR) is 118 cm³/mol. The van der Waals surface area contributed by atoms with Crippen LogP contribution in [-0.4, -0.2) is 39.2 Å². The van der Waals surface area contributed by atoms with Gasteiger partial charge in [-0.25, -0.2) is 14.3 Å². The van der Waals surface area contributed by atoms with Gasteiger partial charge in [0.1, 0.15) is 17.4 Å². The summed E-state index contributed by atoms with van der Waals surface area (Å²) >= 11 is 0. The Morgan fingerprint density at radius 3 is 2.68 bits per heavy atom. The lowest BCUT2D eigenvalue weighted by Gasteiger charge is -2.30. The van der Waals surface area contributed by atoms with E-state index in [1.54, 1.807) is 30.3 Å². The molecule has 1 aliphatic rings. The monoisotopic (exact) mass is 470 g/mol. The van der Waals surface area contributed by atoms with Crippen LogP contribution in [0.3, 0.4) is 0 Å². The Hall–Kier alpha value is -3.63. The second kappa shape index (κ2) is 11.0. The Labute approximate surface area is 194 Å². The van der Waals surface area contributed by atoms with Crippen LogP contribution in [0.15, 0.2) is 53.1 Å². The number of rotatable bonds is 8. The molecule has 0 bridgehead atoms. The number of nitrogens with zero attached hydrogens (tertiary/aromatic N) is 3. The van der Waals surface area contributed by atoms with E-state index >= 15 is 0 Å². The number of nitrogens with one attached hydrogen (secondary N) is 1. The maximum absolute atomic E-state index is 13.9. The van der Waals surface area contributed by atoms with Gasteiger partial charge in [-0.1, -0.05) is 23.4 Å². The lowest BCUT2D eigenvalue weighted by molar-refractivity contribution is -0.124. The molecule has 34 heavy (non-hydrogen) atoms. The standard InChI is InChI=1S/C24H24F2N4O4/c25-19-5-4-18(21(26)13-19)14-30-11-9-17(10-12-30)24-27-23(34-29-24)15-33-20-6-1-16(2-7-20)3-8-22(31)28-32/h1-8,13,17,32H,9-12,14-15H2,(H,28,31)/b8-3+. The third kappa shape index (κ3) is 6.24. The molecule has 0 spiro atoms. The van der Waals surface area contributed by atoms with Crippen LogP contribution in [0.2, 0.25) is 0 Å². The van der Waals surface area contributed by atoms with Crippen molar-refractivity contribution < 1.29 is 28.0 Å². The van der Waals surface area contributed by atoms with E-state index in [0.717, 1.165) is 37.6 Å². The van der Waals surface area contributed by atoms with E-state index in [1.807, 2.05) is 0 Å². The van der Waals surface area contributed by atoms with Crippen LogP contribution in [0.1, 0.15) is 41.6 Å². The Bertz CT molecular complexity index is 1140. The van der Waals surface area contributed by atoms with Crippen LogP contribution < -0.4 is 10.2 Å². The molecule has 178 valence electrons. The van der Waals surface area contributed by atoms with Crippen molar-refractivity contribution >= 4 is 12.0 Å². The molecule has 8 nitrogen and oxygen atoms in total. The smallest absolute Gasteiger partial charge is 0.267 e. The fourth-order valence-corrected chi connectivity index (χ4v) is 3.76. The largest absolute Gasteiger partial charge is 0.484 e. The van der Waals surface area contributed by atoms with Crippen molar-refractivity contribution in [1.82, 2.24) is 20.5 Å². The molecule has 10 heteroatoms. The zero-order valence-corrected chi connectivity index (χ0v) is 18.3. The van der Waals surface area contributed by atoms with Gasteiger partial charge in [-0.05, 0) is 55.8 Å². The third-order valence-electron chi connectivity index (χ3n) is 5.63. The van der Waals surface area contributed by atoms with Crippen molar-refractivity contribution in [3.8, 4) is 5.75 Å². The molecule has 4 rings (SSSR count). The van der Waals surface area contributed by atoms with E-state index in [9.17, 15) is 13.6 Å². The zero-order chi connectivity index (χ0) is 23.9. The highest BCUT2D eigenvalue weighted by Crippen LogP contribution is 2.27. The number of amides is 1. The molecule has 1 saturated heterocycles. The van der Waals surface area contributed by atoms with Gasteiger partial charge in [0, 0.05) is 30.2 Å². The number of ether oxygens (including phenoxy) is 1. The molecular formula is C24H24F2N4O4. The summed E-state index contributed by atoms with van der Waals surface area (Å²) in [7, 11) is 0. The average molecular weight is 470 g/mol. The zero-order valence-electron chi connectivity index (χ0n) is 18.3. The number of carbonyl (C=O) groups excluding carboxylic acids is 1. The maximum Gasteiger partial charge on any atom is 0.267 e. The van der Waals surface area contributed by atoms with Gasteiger partial charge in [0.2, 0.25) is 0 Å². The number of piperidine rings is 1. The summed E-state index contributed by atoms with van der Waals surface area (Å²) in [6.45, 7) is 2.07. The molecule has 0 atom stereocenters. The van der Waals surface area contributed by atoms with Crippen LogP contribution in [0.25, 0.3) is 6.08 Å². The Balaban J connectivity index is 1.24. The summed E-state index contributed by atoms with van der Waals surface area (Å²) in [5, 5.41) is 12.6. The third-order valence-corrected chi connectivity index (χ3v) is 5.63. The van der Waals surface area contributed by atoms with Gasteiger partial charge in [-0.3, -0.25) is 14.9 Å². The lowest BCUT2D eigenvalue weighted by atomic mass is 9.96. The van der Waals surface area contributed by atoms with Crippen molar-refractivity contribution in [2.45, 2.75) is 31.9 Å². The van der Waals surface area contributed by atoms with E-state index in [1.165, 1.54) is 23.7 Å². The van der Waals surface area contributed by atoms with Crippen molar-refractivity contribution in [2.24, 2.45) is 0 Å². The van der Waals surface area contributed by atoms with Crippen LogP contribution in [0, 0.1) is 11.6 Å². The summed E-state index contributed by atoms with van der Waals surface area (Å²) < 4.78 is 38.0. The number of likely N-dealkylation sites (tertiary alicyclic amines) is 1. The molecule has 0 aliphatic carbocycles. The quantitative estimate of drug-likeness (QED) is 0.293. The molecule has 2 heterocycles. The molecule has 0 saturated carbocycles. The van der Waals surface area contributed by atoms with Crippen molar-refractivity contribution in [3.63, 3.8) is 0 Å². The molecule has 1 aliphatic heterocycles. The normalized spacial score (nSPS) is 15.0. The first-order chi connectivity index (χ1) is 16.5. The lowest BCUT2D eigenvalue weighted by Crippen LogP contribution is -2.33. The minimum absolute atomic E-state index is 0.123. The van der Waals surface area contributed by atoms with Crippen LogP contribution in [0.4, 0.5) is 8.78 Å². The number of hydrogen-bond acceptors (Lipinski definition) is 7. The Kier molecular flexibility index (Phi) is 7.61. The summed E-state index contributed by atoms with van der Waals surface area (Å²) in [5.74, 6) is 0.0444. The van der Waals surface area contributed by atoms with E-state index in [-0.39, 0.29) is 12.5 Å². The summed E-state index contributed by atoms with van der Waals surface area (Å²) in [5.41, 5.74) is 2.78. The SMILES string of the molecule is O=C(/C=C/c1ccc(OCc2nc(C3CCN(Cc4ccc(F)cc4F)CC3)no2)cc1)NO. The molecule has 1 fully saturated rings. The van der Waals surface area contributed by atoms with Crippen LogP contribution in [-0.2, 0) is 17.9 Å². The number of hydrogen-bond donors (Lipinski definition) is 2. The molecule has 1 aromatic heterocycles. The minimum Gasteiger partial charge on any atom is -0.484 e. The highest BCUT2D eigenvalue weighted by molar-refractivity contribution is 5.90. The Morgan fingerprint density at radius 2 is 1.97 bits per heavy atom. The van der Waals surface area contributed by atoms with Gasteiger partial charge in [-0.2, -0.15) is 4.98 Å². The molecule has 1 amide bonds. The van der Waals surface area contributed by atoms with Gasteiger partial charge < -0.3 is 9.26 Å². The predicted octanol–water partition coefficient (Wildman–Crippen LogP) is 3.83. The van der Waals surface area contributed by atoms with E-state index in [0.29, 0.717) is 29.6 Å². The summed E-state index contributed by atoms with van der Waals surface area (Å²) in [6, 6.07) is 10.7. The first kappa shape index (κ1) is 23.5. The fourth-order valence-electron chi connectivity index (χ4n) is 3.76. The van der Waals surface area contributed by atoms with Gasteiger partial charge in [0.15, 0.2) is 12.4 Å². The maximum atomic E-state index is 13.9. The van der Waals surface area contributed by atoms with Crippen LogP contribution in [0.5, 0.6) is 5.75 Å². The number of hydroxylamine groups is 1. The van der Waals surface area contributed by atoms with E-state index < -0.39 is 17.5 Å². The van der Waals surface area contributed by atoms with Gasteiger partial charge in [0.25, 0.3) is 11.8 Å². The van der Waals surface area contributed by atoms with Gasteiger partial charge >= 0.3 is 0 Å². The van der Waals surface area contributed by atoms with Gasteiger partial charge in [-0.15, -0.1) is 0 Å². The van der Waals surface area contributed by atoms with E-state index in [4.69, 9.17) is 14.5 Å². The first-order valence-electron chi connectivity index (χ1n) is 10.8. The number of aromatic nitrogens is 2.